The number of rotatable bonds is 4. The lowest BCUT2D eigenvalue weighted by atomic mass is 10.1. The molecule has 3 heterocycles. The first-order valence-electron chi connectivity index (χ1n) is 9.06. The van der Waals surface area contributed by atoms with E-state index in [4.69, 9.17) is 4.52 Å². The second-order valence-electron chi connectivity index (χ2n) is 6.87. The summed E-state index contributed by atoms with van der Waals surface area (Å²) in [5.74, 6) is 0.474. The second kappa shape index (κ2) is 6.98. The number of amides is 1. The molecule has 1 amide bonds. The lowest BCUT2D eigenvalue weighted by molar-refractivity contribution is -0.134. The molecule has 140 valence electrons. The van der Waals surface area contributed by atoms with Crippen LogP contribution in [0.25, 0.3) is 11.4 Å². The van der Waals surface area contributed by atoms with Crippen molar-refractivity contribution in [3.63, 3.8) is 0 Å². The van der Waals surface area contributed by atoms with Crippen molar-refractivity contribution >= 4 is 5.91 Å². The van der Waals surface area contributed by atoms with Gasteiger partial charge in [-0.2, -0.15) is 4.98 Å². The zero-order valence-corrected chi connectivity index (χ0v) is 15.4. The lowest BCUT2D eigenvalue weighted by Gasteiger charge is -2.35. The van der Waals surface area contributed by atoms with E-state index in [9.17, 15) is 9.18 Å². The van der Waals surface area contributed by atoms with Gasteiger partial charge in [0.15, 0.2) is 0 Å². The summed E-state index contributed by atoms with van der Waals surface area (Å²) in [7, 11) is 0. The summed E-state index contributed by atoms with van der Waals surface area (Å²) in [5, 5.41) is 3.90. The SMILES string of the molecule is Cc1ccc(-c2noc(CCC(=O)N3CCn4cccc4C3C)n2)cc1F. The van der Waals surface area contributed by atoms with Crippen LogP contribution >= 0.6 is 0 Å². The molecule has 6 nitrogen and oxygen atoms in total. The molecule has 1 atom stereocenters. The molecule has 1 aromatic carbocycles. The summed E-state index contributed by atoms with van der Waals surface area (Å²) in [6.07, 6.45) is 2.71. The summed E-state index contributed by atoms with van der Waals surface area (Å²) < 4.78 is 21.1. The van der Waals surface area contributed by atoms with E-state index in [1.165, 1.54) is 6.07 Å². The molecule has 0 radical (unpaired) electrons. The molecule has 0 saturated heterocycles. The average molecular weight is 368 g/mol. The van der Waals surface area contributed by atoms with Crippen LogP contribution in [0.5, 0.6) is 0 Å². The number of aromatic nitrogens is 3. The second-order valence-corrected chi connectivity index (χ2v) is 6.87. The number of benzene rings is 1. The van der Waals surface area contributed by atoms with Crippen LogP contribution in [0.15, 0.2) is 41.1 Å². The first kappa shape index (κ1) is 17.5. The van der Waals surface area contributed by atoms with Gasteiger partial charge in [-0.15, -0.1) is 0 Å². The summed E-state index contributed by atoms with van der Waals surface area (Å²) in [6, 6.07) is 8.93. The van der Waals surface area contributed by atoms with E-state index in [0.717, 1.165) is 12.2 Å². The zero-order valence-electron chi connectivity index (χ0n) is 15.4. The van der Waals surface area contributed by atoms with Gasteiger partial charge in [0.05, 0.1) is 6.04 Å². The Morgan fingerprint density at radius 2 is 2.19 bits per heavy atom. The standard InChI is InChI=1S/C20H21FN4O2/c1-13-5-6-15(12-16(13)21)20-22-18(27-23-20)7-8-19(26)25-11-10-24-9-3-4-17(24)14(25)2/h3-6,9,12,14H,7-8,10-11H2,1-2H3. The fourth-order valence-corrected chi connectivity index (χ4v) is 3.48. The number of fused-ring (bicyclic) bond motifs is 1. The maximum Gasteiger partial charge on any atom is 0.227 e. The highest BCUT2D eigenvalue weighted by atomic mass is 19.1. The number of aryl methyl sites for hydroxylation is 2. The Balaban J connectivity index is 1.40. The van der Waals surface area contributed by atoms with Gasteiger partial charge in [0.25, 0.3) is 0 Å². The Kier molecular flexibility index (Phi) is 4.51. The molecular formula is C20H21FN4O2. The monoisotopic (exact) mass is 368 g/mol. The Bertz CT molecular complexity index is 978. The van der Waals surface area contributed by atoms with Crippen molar-refractivity contribution in [3.8, 4) is 11.4 Å². The van der Waals surface area contributed by atoms with E-state index in [1.54, 1.807) is 19.1 Å². The van der Waals surface area contributed by atoms with Gasteiger partial charge in [-0.1, -0.05) is 17.3 Å². The fraction of sp³-hybridized carbons (Fsp3) is 0.350. The van der Waals surface area contributed by atoms with E-state index < -0.39 is 0 Å². The maximum absolute atomic E-state index is 13.7. The molecule has 7 heteroatoms. The highest BCUT2D eigenvalue weighted by Crippen LogP contribution is 2.26. The van der Waals surface area contributed by atoms with E-state index in [1.807, 2.05) is 24.1 Å². The van der Waals surface area contributed by atoms with Gasteiger partial charge >= 0.3 is 0 Å². The number of carbonyl (C=O) groups excluding carboxylic acids is 1. The summed E-state index contributed by atoms with van der Waals surface area (Å²) in [5.41, 5.74) is 2.27. The number of halogens is 1. The van der Waals surface area contributed by atoms with Crippen LogP contribution in [0.3, 0.4) is 0 Å². The molecular weight excluding hydrogens is 347 g/mol. The van der Waals surface area contributed by atoms with Crippen molar-refractivity contribution in [1.29, 1.82) is 0 Å². The molecule has 27 heavy (non-hydrogen) atoms. The van der Waals surface area contributed by atoms with Crippen LogP contribution in [-0.4, -0.2) is 32.1 Å². The largest absolute Gasteiger partial charge is 0.348 e. The highest BCUT2D eigenvalue weighted by molar-refractivity contribution is 5.77. The predicted molar refractivity (Wildman–Crippen MR) is 97.3 cm³/mol. The number of carbonyl (C=O) groups is 1. The van der Waals surface area contributed by atoms with Gasteiger partial charge < -0.3 is 14.0 Å². The smallest absolute Gasteiger partial charge is 0.227 e. The average Bonchev–Trinajstić information content (AvgIpc) is 3.32. The molecule has 0 aliphatic carbocycles. The molecule has 1 aliphatic rings. The van der Waals surface area contributed by atoms with Crippen LogP contribution in [0.4, 0.5) is 4.39 Å². The van der Waals surface area contributed by atoms with Gasteiger partial charge in [-0.05, 0) is 37.6 Å². The van der Waals surface area contributed by atoms with Crippen molar-refractivity contribution in [2.24, 2.45) is 0 Å². The van der Waals surface area contributed by atoms with Crippen molar-refractivity contribution in [3.05, 3.63) is 59.5 Å². The van der Waals surface area contributed by atoms with E-state index in [-0.39, 0.29) is 17.8 Å². The Morgan fingerprint density at radius 3 is 3.00 bits per heavy atom. The van der Waals surface area contributed by atoms with Gasteiger partial charge in [-0.3, -0.25) is 4.79 Å². The molecule has 2 aromatic heterocycles. The maximum atomic E-state index is 13.7. The molecule has 0 spiro atoms. The molecule has 0 N–H and O–H groups in total. The Morgan fingerprint density at radius 1 is 1.33 bits per heavy atom. The summed E-state index contributed by atoms with van der Waals surface area (Å²) in [6.45, 7) is 5.24. The summed E-state index contributed by atoms with van der Waals surface area (Å²) in [4.78, 5) is 18.8. The van der Waals surface area contributed by atoms with Crippen molar-refractivity contribution in [1.82, 2.24) is 19.6 Å². The molecule has 0 fully saturated rings. The normalized spacial score (nSPS) is 16.4. The van der Waals surface area contributed by atoms with Crippen molar-refractivity contribution < 1.29 is 13.7 Å². The predicted octanol–water partition coefficient (Wildman–Crippen LogP) is 3.52. The molecule has 0 saturated carbocycles. The fourth-order valence-electron chi connectivity index (χ4n) is 3.48. The topological polar surface area (TPSA) is 64.2 Å². The number of hydrogen-bond donors (Lipinski definition) is 0. The van der Waals surface area contributed by atoms with Gasteiger partial charge in [0.2, 0.25) is 17.6 Å². The van der Waals surface area contributed by atoms with E-state index in [2.05, 4.69) is 20.8 Å². The molecule has 1 aliphatic heterocycles. The van der Waals surface area contributed by atoms with Crippen LogP contribution < -0.4 is 0 Å². The van der Waals surface area contributed by atoms with E-state index >= 15 is 0 Å². The first-order chi connectivity index (χ1) is 13.0. The molecule has 0 bridgehead atoms. The third-order valence-electron chi connectivity index (χ3n) is 5.11. The minimum Gasteiger partial charge on any atom is -0.348 e. The third-order valence-corrected chi connectivity index (χ3v) is 5.11. The van der Waals surface area contributed by atoms with Crippen LogP contribution in [0, 0.1) is 12.7 Å². The Hall–Kier alpha value is -2.96. The number of nitrogens with zero attached hydrogens (tertiary/aromatic N) is 4. The molecule has 1 unspecified atom stereocenters. The van der Waals surface area contributed by atoms with Crippen molar-refractivity contribution in [2.75, 3.05) is 6.54 Å². The minimum absolute atomic E-state index is 0.0510. The van der Waals surface area contributed by atoms with Crippen LogP contribution in [-0.2, 0) is 17.8 Å². The first-order valence-corrected chi connectivity index (χ1v) is 9.06. The lowest BCUT2D eigenvalue weighted by Crippen LogP contribution is -2.40. The van der Waals surface area contributed by atoms with Gasteiger partial charge in [-0.25, -0.2) is 4.39 Å². The minimum atomic E-state index is -0.308. The third kappa shape index (κ3) is 3.37. The van der Waals surface area contributed by atoms with Crippen LogP contribution in [0.1, 0.15) is 36.5 Å². The molecule has 3 aromatic rings. The van der Waals surface area contributed by atoms with Crippen molar-refractivity contribution in [2.45, 2.75) is 39.3 Å². The zero-order chi connectivity index (χ0) is 19.0. The van der Waals surface area contributed by atoms with Crippen LogP contribution in [0.2, 0.25) is 0 Å². The van der Waals surface area contributed by atoms with Gasteiger partial charge in [0, 0.05) is 43.4 Å². The number of hydrogen-bond acceptors (Lipinski definition) is 4. The summed E-state index contributed by atoms with van der Waals surface area (Å²) >= 11 is 0. The quantitative estimate of drug-likeness (QED) is 0.707. The molecule has 4 rings (SSSR count). The highest BCUT2D eigenvalue weighted by Gasteiger charge is 2.27. The Labute approximate surface area is 156 Å². The van der Waals surface area contributed by atoms with E-state index in [0.29, 0.717) is 42.2 Å². The van der Waals surface area contributed by atoms with Gasteiger partial charge in [0.1, 0.15) is 5.82 Å².